The van der Waals surface area contributed by atoms with E-state index in [0.29, 0.717) is 11.0 Å². The van der Waals surface area contributed by atoms with Crippen LogP contribution in [0.5, 0.6) is 0 Å². The molecular formula is C12H21BNP. The van der Waals surface area contributed by atoms with Gasteiger partial charge in [0.05, 0.1) is 7.85 Å². The molecule has 0 bridgehead atoms. The Morgan fingerprint density at radius 3 is 2.47 bits per heavy atom. The van der Waals surface area contributed by atoms with E-state index >= 15 is 0 Å². The van der Waals surface area contributed by atoms with Gasteiger partial charge in [0.25, 0.3) is 0 Å². The minimum absolute atomic E-state index is 0.0548. The summed E-state index contributed by atoms with van der Waals surface area (Å²) in [6.45, 7) is 7.34. The van der Waals surface area contributed by atoms with Crippen LogP contribution in [0.4, 0.5) is 0 Å². The van der Waals surface area contributed by atoms with Crippen LogP contribution < -0.4 is 0 Å². The Morgan fingerprint density at radius 1 is 1.33 bits per heavy atom. The van der Waals surface area contributed by atoms with Gasteiger partial charge < -0.3 is 0 Å². The minimum Gasteiger partial charge on any atom is -0.297 e. The van der Waals surface area contributed by atoms with Gasteiger partial charge >= 0.3 is 0 Å². The van der Waals surface area contributed by atoms with Gasteiger partial charge in [0.2, 0.25) is 0 Å². The van der Waals surface area contributed by atoms with Crippen molar-refractivity contribution in [1.82, 2.24) is 4.90 Å². The molecule has 2 radical (unpaired) electrons. The number of fused-ring (bicyclic) bond motifs is 1. The quantitative estimate of drug-likeness (QED) is 0.483. The first-order valence-electron chi connectivity index (χ1n) is 6.25. The summed E-state index contributed by atoms with van der Waals surface area (Å²) in [5.74, 6) is 0.778. The Bertz CT molecular complexity index is 304. The molecule has 1 aliphatic carbocycles. The maximum atomic E-state index is 6.30. The Kier molecular flexibility index (Phi) is 1.99. The van der Waals surface area contributed by atoms with Crippen molar-refractivity contribution >= 4 is 17.1 Å². The lowest BCUT2D eigenvalue weighted by Gasteiger charge is -2.36. The summed E-state index contributed by atoms with van der Waals surface area (Å²) in [6, 6.07) is 0. The summed E-state index contributed by atoms with van der Waals surface area (Å²) in [5, 5.41) is 0.0548. The number of nitrogens with zero attached hydrogens (tertiary/aromatic N) is 1. The Hall–Kier alpha value is 0.455. The maximum Gasteiger partial charge on any atom is 0.0811 e. The lowest BCUT2D eigenvalue weighted by molar-refractivity contribution is 0.136. The molecule has 3 heteroatoms. The average Bonchev–Trinajstić information content (AvgIpc) is 2.46. The van der Waals surface area contributed by atoms with Crippen molar-refractivity contribution < 1.29 is 0 Å². The van der Waals surface area contributed by atoms with Crippen molar-refractivity contribution in [3.05, 3.63) is 0 Å². The summed E-state index contributed by atoms with van der Waals surface area (Å²) < 4.78 is 0. The Morgan fingerprint density at radius 2 is 2.00 bits per heavy atom. The van der Waals surface area contributed by atoms with Crippen LogP contribution in [-0.4, -0.2) is 36.4 Å². The number of hydrogen-bond donors (Lipinski definition) is 0. The molecule has 1 spiro atoms. The van der Waals surface area contributed by atoms with E-state index in [-0.39, 0.29) is 5.06 Å². The maximum absolute atomic E-state index is 6.30. The SMILES string of the molecule is [B]C1(P)CC12CN1CCCC1(C(C)C)C2. The zero-order valence-electron chi connectivity index (χ0n) is 9.92. The Labute approximate surface area is 97.0 Å². The molecule has 3 aliphatic rings. The molecule has 2 aliphatic heterocycles. The first-order chi connectivity index (χ1) is 6.92. The highest BCUT2D eigenvalue weighted by Crippen LogP contribution is 2.70. The van der Waals surface area contributed by atoms with Gasteiger partial charge in [-0.1, -0.05) is 13.8 Å². The van der Waals surface area contributed by atoms with Gasteiger partial charge in [-0.15, -0.1) is 9.24 Å². The van der Waals surface area contributed by atoms with E-state index in [4.69, 9.17) is 7.85 Å². The van der Waals surface area contributed by atoms with Crippen LogP contribution in [0.2, 0.25) is 0 Å². The van der Waals surface area contributed by atoms with E-state index in [2.05, 4.69) is 28.0 Å². The fourth-order valence-corrected chi connectivity index (χ4v) is 4.79. The molecular weight excluding hydrogens is 200 g/mol. The van der Waals surface area contributed by atoms with E-state index < -0.39 is 0 Å². The zero-order valence-corrected chi connectivity index (χ0v) is 11.1. The van der Waals surface area contributed by atoms with E-state index in [1.807, 2.05) is 0 Å². The molecule has 1 nitrogen and oxygen atoms in total. The molecule has 0 N–H and O–H groups in total. The number of hydrogen-bond acceptors (Lipinski definition) is 1. The summed E-state index contributed by atoms with van der Waals surface area (Å²) in [4.78, 5) is 2.75. The van der Waals surface area contributed by atoms with E-state index in [9.17, 15) is 0 Å². The zero-order chi connectivity index (χ0) is 10.9. The first-order valence-corrected chi connectivity index (χ1v) is 6.83. The lowest BCUT2D eigenvalue weighted by Crippen LogP contribution is -2.42. The molecule has 0 aromatic heterocycles. The van der Waals surface area contributed by atoms with Crippen molar-refractivity contribution in [2.45, 2.75) is 50.1 Å². The molecule has 4 unspecified atom stereocenters. The van der Waals surface area contributed by atoms with Crippen LogP contribution in [0, 0.1) is 11.3 Å². The summed E-state index contributed by atoms with van der Waals surface area (Å²) in [5.41, 5.74) is 0.944. The van der Waals surface area contributed by atoms with Crippen LogP contribution in [0.15, 0.2) is 0 Å². The predicted octanol–water partition coefficient (Wildman–Crippen LogP) is 2.01. The summed E-state index contributed by atoms with van der Waals surface area (Å²) >= 11 is 0. The van der Waals surface area contributed by atoms with Crippen LogP contribution in [0.3, 0.4) is 0 Å². The smallest absolute Gasteiger partial charge is 0.0811 e. The van der Waals surface area contributed by atoms with Crippen LogP contribution in [0.25, 0.3) is 0 Å². The third-order valence-corrected chi connectivity index (χ3v) is 6.19. The van der Waals surface area contributed by atoms with Gasteiger partial charge in [0.15, 0.2) is 0 Å². The molecule has 0 aromatic rings. The van der Waals surface area contributed by atoms with Crippen molar-refractivity contribution in [2.75, 3.05) is 13.1 Å². The summed E-state index contributed by atoms with van der Waals surface area (Å²) in [6.07, 6.45) is 5.35. The van der Waals surface area contributed by atoms with E-state index in [1.54, 1.807) is 0 Å². The fourth-order valence-electron chi connectivity index (χ4n) is 4.20. The third-order valence-electron chi connectivity index (χ3n) is 5.37. The molecule has 2 heterocycles. The molecule has 15 heavy (non-hydrogen) atoms. The highest BCUT2D eigenvalue weighted by atomic mass is 31.0. The van der Waals surface area contributed by atoms with Crippen molar-refractivity contribution in [1.29, 1.82) is 0 Å². The van der Waals surface area contributed by atoms with Crippen LogP contribution >= 0.6 is 9.24 Å². The van der Waals surface area contributed by atoms with Crippen LogP contribution in [0.1, 0.15) is 39.5 Å². The molecule has 2 saturated heterocycles. The van der Waals surface area contributed by atoms with Crippen LogP contribution in [-0.2, 0) is 0 Å². The van der Waals surface area contributed by atoms with Gasteiger partial charge in [-0.3, -0.25) is 4.90 Å². The normalized spacial score (nSPS) is 54.1. The molecule has 4 atom stereocenters. The second kappa shape index (κ2) is 2.82. The lowest BCUT2D eigenvalue weighted by atomic mass is 9.77. The highest BCUT2D eigenvalue weighted by Gasteiger charge is 2.69. The second-order valence-corrected chi connectivity index (χ2v) is 7.49. The van der Waals surface area contributed by atoms with Crippen molar-refractivity contribution in [2.24, 2.45) is 11.3 Å². The molecule has 82 valence electrons. The topological polar surface area (TPSA) is 3.24 Å². The molecule has 3 fully saturated rings. The van der Waals surface area contributed by atoms with E-state index in [0.717, 1.165) is 5.92 Å². The molecule has 3 rings (SSSR count). The first kappa shape index (κ1) is 10.6. The minimum atomic E-state index is 0.0548. The molecule has 0 aromatic carbocycles. The predicted molar refractivity (Wildman–Crippen MR) is 68.2 cm³/mol. The average molecular weight is 221 g/mol. The molecule has 1 saturated carbocycles. The van der Waals surface area contributed by atoms with Crippen molar-refractivity contribution in [3.8, 4) is 0 Å². The Balaban J connectivity index is 1.90. The number of rotatable bonds is 1. The van der Waals surface area contributed by atoms with Gasteiger partial charge in [-0.25, -0.2) is 0 Å². The fraction of sp³-hybridized carbons (Fsp3) is 1.00. The van der Waals surface area contributed by atoms with Gasteiger partial charge in [0, 0.05) is 12.1 Å². The van der Waals surface area contributed by atoms with Gasteiger partial charge in [0.1, 0.15) is 0 Å². The second-order valence-electron chi connectivity index (χ2n) is 6.46. The monoisotopic (exact) mass is 221 g/mol. The summed E-state index contributed by atoms with van der Waals surface area (Å²) in [7, 11) is 9.20. The standard InChI is InChI=1S/C12H21BNP/c1-9(2)11-4-3-5-14(11)8-10(6-11)7-12(10,13)15/h9H,3-8,15H2,1-2H3. The highest BCUT2D eigenvalue weighted by molar-refractivity contribution is 7.23. The third kappa shape index (κ3) is 1.19. The largest absolute Gasteiger partial charge is 0.297 e. The van der Waals surface area contributed by atoms with E-state index in [1.165, 1.54) is 38.8 Å². The van der Waals surface area contributed by atoms with Gasteiger partial charge in [-0.2, -0.15) is 0 Å². The van der Waals surface area contributed by atoms with Gasteiger partial charge in [-0.05, 0) is 48.6 Å². The molecule has 0 amide bonds. The van der Waals surface area contributed by atoms with Crippen molar-refractivity contribution in [3.63, 3.8) is 0 Å².